The lowest BCUT2D eigenvalue weighted by atomic mass is 10.0. The van der Waals surface area contributed by atoms with E-state index in [1.165, 1.54) is 0 Å². The van der Waals surface area contributed by atoms with Gasteiger partial charge in [0.2, 0.25) is 5.91 Å². The van der Waals surface area contributed by atoms with Crippen LogP contribution >= 0.6 is 11.3 Å². The van der Waals surface area contributed by atoms with Gasteiger partial charge in [-0.05, 0) is 33.3 Å². The average molecular weight is 327 g/mol. The van der Waals surface area contributed by atoms with E-state index in [9.17, 15) is 4.79 Å². The van der Waals surface area contributed by atoms with Gasteiger partial charge in [0.05, 0.1) is 0 Å². The van der Waals surface area contributed by atoms with Crippen molar-refractivity contribution < 1.29 is 4.79 Å². The number of aryl methyl sites for hydroxylation is 1. The molecule has 3 aromatic rings. The summed E-state index contributed by atoms with van der Waals surface area (Å²) in [6, 6.07) is 8.16. The van der Waals surface area contributed by atoms with Crippen LogP contribution in [0.5, 0.6) is 0 Å². The van der Waals surface area contributed by atoms with Crippen molar-refractivity contribution in [3.05, 3.63) is 41.4 Å². The lowest BCUT2D eigenvalue weighted by Gasteiger charge is -2.34. The predicted octanol–water partition coefficient (Wildman–Crippen LogP) is 4.52. The molecule has 0 aliphatic carbocycles. The molecule has 1 aromatic carbocycles. The minimum Gasteiger partial charge on any atom is -0.291 e. The highest BCUT2D eigenvalue weighted by Crippen LogP contribution is 2.37. The molecular weight excluding hydrogens is 306 g/mol. The van der Waals surface area contributed by atoms with Crippen molar-refractivity contribution >= 4 is 28.0 Å². The van der Waals surface area contributed by atoms with Crippen LogP contribution in [0.15, 0.2) is 35.8 Å². The van der Waals surface area contributed by atoms with Gasteiger partial charge in [-0.1, -0.05) is 24.3 Å². The van der Waals surface area contributed by atoms with E-state index in [1.54, 1.807) is 18.3 Å². The molecule has 0 spiro atoms. The number of anilines is 1. The summed E-state index contributed by atoms with van der Waals surface area (Å²) < 4.78 is 2.01. The summed E-state index contributed by atoms with van der Waals surface area (Å²) in [6.45, 7) is 9.81. The molecule has 0 radical (unpaired) electrons. The molecule has 0 N–H and O–H groups in total. The van der Waals surface area contributed by atoms with Gasteiger partial charge in [-0.3, -0.25) is 14.1 Å². The highest BCUT2D eigenvalue weighted by molar-refractivity contribution is 7.15. The molecule has 4 nitrogen and oxygen atoms in total. The van der Waals surface area contributed by atoms with Crippen LogP contribution in [0.2, 0.25) is 0 Å². The Balaban J connectivity index is 2.34. The van der Waals surface area contributed by atoms with Crippen molar-refractivity contribution in [3.63, 3.8) is 0 Å². The Bertz CT molecular complexity index is 870. The SMILES string of the molecule is CC(=O)N(c1c(-c2ccccc2C)nc2sccn12)C(C)(C)C. The van der Waals surface area contributed by atoms with Crippen LogP contribution in [0.3, 0.4) is 0 Å². The van der Waals surface area contributed by atoms with Crippen molar-refractivity contribution in [1.29, 1.82) is 0 Å². The quantitative estimate of drug-likeness (QED) is 0.694. The molecule has 0 saturated carbocycles. The fraction of sp³-hybridized carbons (Fsp3) is 0.333. The summed E-state index contributed by atoms with van der Waals surface area (Å²) >= 11 is 1.58. The number of amides is 1. The number of hydrogen-bond acceptors (Lipinski definition) is 3. The molecule has 2 aromatic heterocycles. The third-order valence-electron chi connectivity index (χ3n) is 3.83. The third-order valence-corrected chi connectivity index (χ3v) is 4.59. The summed E-state index contributed by atoms with van der Waals surface area (Å²) in [5.74, 6) is 0.857. The van der Waals surface area contributed by atoms with Crippen molar-refractivity contribution in [1.82, 2.24) is 9.38 Å². The van der Waals surface area contributed by atoms with E-state index in [4.69, 9.17) is 4.98 Å². The summed E-state index contributed by atoms with van der Waals surface area (Å²) in [4.78, 5) is 20.0. The number of benzene rings is 1. The molecule has 23 heavy (non-hydrogen) atoms. The number of fused-ring (bicyclic) bond motifs is 1. The van der Waals surface area contributed by atoms with Crippen LogP contribution in [-0.2, 0) is 4.79 Å². The van der Waals surface area contributed by atoms with E-state index in [2.05, 4.69) is 19.1 Å². The zero-order valence-corrected chi connectivity index (χ0v) is 14.9. The Kier molecular flexibility index (Phi) is 3.76. The van der Waals surface area contributed by atoms with E-state index in [-0.39, 0.29) is 11.4 Å². The maximum absolute atomic E-state index is 12.4. The monoisotopic (exact) mass is 327 g/mol. The van der Waals surface area contributed by atoms with E-state index < -0.39 is 0 Å². The second-order valence-corrected chi connectivity index (χ2v) is 7.55. The standard InChI is InChI=1S/C18H21N3OS/c1-12-8-6-7-9-14(12)15-16(20-10-11-23-17(20)19-15)21(13(2)22)18(3,4)5/h6-11H,1-5H3. The molecule has 1 amide bonds. The van der Waals surface area contributed by atoms with E-state index in [0.717, 1.165) is 27.6 Å². The van der Waals surface area contributed by atoms with Gasteiger partial charge in [0.15, 0.2) is 4.96 Å². The van der Waals surface area contributed by atoms with Crippen molar-refractivity contribution in [2.24, 2.45) is 0 Å². The van der Waals surface area contributed by atoms with Crippen LogP contribution in [0.1, 0.15) is 33.3 Å². The Hall–Kier alpha value is -2.14. The van der Waals surface area contributed by atoms with Gasteiger partial charge in [-0.25, -0.2) is 4.98 Å². The smallest absolute Gasteiger partial charge is 0.225 e. The molecule has 3 rings (SSSR count). The molecular formula is C18H21N3OS. The lowest BCUT2D eigenvalue weighted by Crippen LogP contribution is -2.45. The van der Waals surface area contributed by atoms with Crippen LogP contribution in [0.4, 0.5) is 5.82 Å². The summed E-state index contributed by atoms with van der Waals surface area (Å²) in [5, 5.41) is 1.99. The largest absolute Gasteiger partial charge is 0.291 e. The third kappa shape index (κ3) is 2.65. The van der Waals surface area contributed by atoms with Crippen LogP contribution < -0.4 is 4.90 Å². The second kappa shape index (κ2) is 5.49. The Labute approximate surface area is 140 Å². The van der Waals surface area contributed by atoms with Gasteiger partial charge in [-0.2, -0.15) is 0 Å². The van der Waals surface area contributed by atoms with Crippen LogP contribution in [0, 0.1) is 6.92 Å². The molecule has 2 heterocycles. The first-order valence-corrected chi connectivity index (χ1v) is 8.51. The maximum Gasteiger partial charge on any atom is 0.225 e. The second-order valence-electron chi connectivity index (χ2n) is 6.68. The van der Waals surface area contributed by atoms with Crippen molar-refractivity contribution in [2.45, 2.75) is 40.2 Å². The fourth-order valence-corrected chi connectivity index (χ4v) is 3.66. The Morgan fingerprint density at radius 3 is 2.57 bits per heavy atom. The normalized spacial score (nSPS) is 11.9. The minimum absolute atomic E-state index is 0.0142. The van der Waals surface area contributed by atoms with Gasteiger partial charge < -0.3 is 0 Å². The molecule has 0 unspecified atom stereocenters. The van der Waals surface area contributed by atoms with Crippen LogP contribution in [-0.4, -0.2) is 20.8 Å². The average Bonchev–Trinajstić information content (AvgIpc) is 3.00. The minimum atomic E-state index is -0.332. The molecule has 0 aliphatic rings. The molecule has 0 fully saturated rings. The van der Waals surface area contributed by atoms with Crippen molar-refractivity contribution in [3.8, 4) is 11.3 Å². The molecule has 0 aliphatic heterocycles. The van der Waals surface area contributed by atoms with Gasteiger partial charge >= 0.3 is 0 Å². The molecule has 0 atom stereocenters. The molecule has 0 saturated heterocycles. The fourth-order valence-electron chi connectivity index (χ4n) is 2.95. The first-order chi connectivity index (χ1) is 10.8. The molecule has 0 bridgehead atoms. The number of imidazole rings is 1. The molecule has 5 heteroatoms. The Morgan fingerprint density at radius 1 is 1.26 bits per heavy atom. The zero-order chi connectivity index (χ0) is 16.8. The topological polar surface area (TPSA) is 37.6 Å². The Morgan fingerprint density at radius 2 is 1.96 bits per heavy atom. The summed E-state index contributed by atoms with van der Waals surface area (Å²) in [7, 11) is 0. The number of thiazole rings is 1. The van der Waals surface area contributed by atoms with Gasteiger partial charge in [-0.15, -0.1) is 11.3 Å². The number of aromatic nitrogens is 2. The van der Waals surface area contributed by atoms with E-state index >= 15 is 0 Å². The highest BCUT2D eigenvalue weighted by atomic mass is 32.1. The van der Waals surface area contributed by atoms with Gasteiger partial charge in [0, 0.05) is 29.6 Å². The number of hydrogen-bond donors (Lipinski definition) is 0. The summed E-state index contributed by atoms with van der Waals surface area (Å²) in [6.07, 6.45) is 1.98. The van der Waals surface area contributed by atoms with Gasteiger partial charge in [0.25, 0.3) is 0 Å². The number of nitrogens with zero attached hydrogens (tertiary/aromatic N) is 3. The van der Waals surface area contributed by atoms with E-state index in [0.29, 0.717) is 0 Å². The predicted molar refractivity (Wildman–Crippen MR) is 96.2 cm³/mol. The number of carbonyl (C=O) groups is 1. The lowest BCUT2D eigenvalue weighted by molar-refractivity contribution is -0.117. The van der Waals surface area contributed by atoms with E-state index in [1.807, 2.05) is 53.8 Å². The maximum atomic E-state index is 12.4. The zero-order valence-electron chi connectivity index (χ0n) is 14.1. The highest BCUT2D eigenvalue weighted by Gasteiger charge is 2.32. The number of rotatable bonds is 2. The number of carbonyl (C=O) groups excluding carboxylic acids is 1. The first kappa shape index (κ1) is 15.7. The summed E-state index contributed by atoms with van der Waals surface area (Å²) in [5.41, 5.74) is 2.74. The first-order valence-electron chi connectivity index (χ1n) is 7.63. The van der Waals surface area contributed by atoms with Gasteiger partial charge in [0.1, 0.15) is 11.5 Å². The van der Waals surface area contributed by atoms with Crippen molar-refractivity contribution in [2.75, 3.05) is 4.90 Å². The van der Waals surface area contributed by atoms with Crippen LogP contribution in [0.25, 0.3) is 16.2 Å². The molecule has 120 valence electrons.